The maximum Gasteiger partial charge on any atom is 0.329 e. The number of carbonyl (C=O) groups is 2. The molecule has 120 valence electrons. The molecule has 2 aliphatic rings. The molecule has 0 aromatic carbocycles. The van der Waals surface area contributed by atoms with E-state index in [4.69, 9.17) is 4.74 Å². The van der Waals surface area contributed by atoms with Gasteiger partial charge >= 0.3 is 12.0 Å². The number of aliphatic carboxylic acids is 1. The molecule has 2 fully saturated rings. The predicted octanol–water partition coefficient (Wildman–Crippen LogP) is 1.94. The number of urea groups is 1. The van der Waals surface area contributed by atoms with Gasteiger partial charge in [0.1, 0.15) is 5.54 Å². The molecule has 0 aromatic rings. The quantitative estimate of drug-likeness (QED) is 0.861. The van der Waals surface area contributed by atoms with E-state index < -0.39 is 11.5 Å². The van der Waals surface area contributed by atoms with Crippen LogP contribution in [0, 0.1) is 0 Å². The summed E-state index contributed by atoms with van der Waals surface area (Å²) in [7, 11) is 1.66. The van der Waals surface area contributed by atoms with Crippen LogP contribution < -0.4 is 0 Å². The highest BCUT2D eigenvalue weighted by Gasteiger charge is 2.50. The Balaban J connectivity index is 2.14. The van der Waals surface area contributed by atoms with Crippen molar-refractivity contribution in [3.05, 3.63) is 0 Å². The third-order valence-electron chi connectivity index (χ3n) is 4.76. The fourth-order valence-electron chi connectivity index (χ4n) is 3.64. The SMILES string of the molecule is CCCC1(C(=O)O)CCCN1C(=O)N1CCCC(OC)C1. The molecule has 0 bridgehead atoms. The van der Waals surface area contributed by atoms with Gasteiger partial charge in [-0.2, -0.15) is 0 Å². The molecule has 21 heavy (non-hydrogen) atoms. The molecular formula is C15H26N2O4. The maximum absolute atomic E-state index is 12.8. The second-order valence-corrected chi connectivity index (χ2v) is 6.07. The summed E-state index contributed by atoms with van der Waals surface area (Å²) >= 11 is 0. The summed E-state index contributed by atoms with van der Waals surface area (Å²) in [6, 6.07) is -0.134. The van der Waals surface area contributed by atoms with Gasteiger partial charge in [0.25, 0.3) is 0 Å². The molecule has 2 aliphatic heterocycles. The van der Waals surface area contributed by atoms with Crippen molar-refractivity contribution < 1.29 is 19.4 Å². The normalized spacial score (nSPS) is 29.7. The van der Waals surface area contributed by atoms with Crippen LogP contribution in [0.1, 0.15) is 45.4 Å². The van der Waals surface area contributed by atoms with Crippen LogP contribution in [-0.4, -0.2) is 65.3 Å². The lowest BCUT2D eigenvalue weighted by Gasteiger charge is -2.40. The summed E-state index contributed by atoms with van der Waals surface area (Å²) in [6.07, 6.45) is 4.54. The second kappa shape index (κ2) is 6.64. The molecule has 2 atom stereocenters. The highest BCUT2D eigenvalue weighted by Crippen LogP contribution is 2.35. The van der Waals surface area contributed by atoms with Crippen LogP contribution in [0.4, 0.5) is 4.79 Å². The maximum atomic E-state index is 12.8. The van der Waals surface area contributed by atoms with Crippen molar-refractivity contribution in [2.75, 3.05) is 26.7 Å². The van der Waals surface area contributed by atoms with E-state index >= 15 is 0 Å². The largest absolute Gasteiger partial charge is 0.479 e. The average Bonchev–Trinajstić information content (AvgIpc) is 2.92. The number of methoxy groups -OCH3 is 1. The summed E-state index contributed by atoms with van der Waals surface area (Å²) in [5, 5.41) is 9.67. The van der Waals surface area contributed by atoms with Gasteiger partial charge < -0.3 is 19.6 Å². The Hall–Kier alpha value is -1.30. The number of hydrogen-bond acceptors (Lipinski definition) is 3. The Morgan fingerprint density at radius 1 is 1.33 bits per heavy atom. The predicted molar refractivity (Wildman–Crippen MR) is 78.2 cm³/mol. The first kappa shape index (κ1) is 16.1. The molecule has 0 radical (unpaired) electrons. The van der Waals surface area contributed by atoms with E-state index in [1.54, 1.807) is 16.9 Å². The number of carboxylic acid groups (broad SMARTS) is 1. The van der Waals surface area contributed by atoms with E-state index in [9.17, 15) is 14.7 Å². The number of hydrogen-bond donors (Lipinski definition) is 1. The fourth-order valence-corrected chi connectivity index (χ4v) is 3.64. The molecule has 2 rings (SSSR count). The Kier molecular flexibility index (Phi) is 5.08. The van der Waals surface area contributed by atoms with E-state index in [1.807, 2.05) is 6.92 Å². The monoisotopic (exact) mass is 298 g/mol. The molecule has 0 saturated carbocycles. The third-order valence-corrected chi connectivity index (χ3v) is 4.76. The van der Waals surface area contributed by atoms with Crippen LogP contribution in [0.2, 0.25) is 0 Å². The first-order valence-electron chi connectivity index (χ1n) is 7.88. The molecule has 1 N–H and O–H groups in total. The number of piperidine rings is 1. The van der Waals surface area contributed by atoms with Crippen molar-refractivity contribution >= 4 is 12.0 Å². The van der Waals surface area contributed by atoms with Gasteiger partial charge in [0.05, 0.1) is 6.10 Å². The standard InChI is InChI=1S/C15H26N2O4/c1-3-7-15(13(18)19)8-5-10-17(15)14(20)16-9-4-6-12(11-16)21-2/h12H,3-11H2,1-2H3,(H,18,19). The molecule has 2 amide bonds. The van der Waals surface area contributed by atoms with Crippen LogP contribution in [0.5, 0.6) is 0 Å². The third kappa shape index (κ3) is 3.00. The van der Waals surface area contributed by atoms with E-state index in [2.05, 4.69) is 0 Å². The first-order valence-corrected chi connectivity index (χ1v) is 7.88. The Morgan fingerprint density at radius 2 is 2.10 bits per heavy atom. The highest BCUT2D eigenvalue weighted by molar-refractivity contribution is 5.87. The van der Waals surface area contributed by atoms with Gasteiger partial charge in [-0.1, -0.05) is 13.3 Å². The minimum absolute atomic E-state index is 0.0655. The number of amides is 2. The van der Waals surface area contributed by atoms with Gasteiger partial charge in [-0.15, -0.1) is 0 Å². The minimum Gasteiger partial charge on any atom is -0.479 e. The van der Waals surface area contributed by atoms with Crippen LogP contribution in [0.3, 0.4) is 0 Å². The fraction of sp³-hybridized carbons (Fsp3) is 0.867. The van der Waals surface area contributed by atoms with E-state index in [0.717, 1.165) is 25.7 Å². The zero-order valence-corrected chi connectivity index (χ0v) is 13.0. The zero-order chi connectivity index (χ0) is 15.5. The van der Waals surface area contributed by atoms with Gasteiger partial charge in [-0.3, -0.25) is 0 Å². The van der Waals surface area contributed by atoms with Crippen LogP contribution in [-0.2, 0) is 9.53 Å². The molecule has 2 heterocycles. The smallest absolute Gasteiger partial charge is 0.329 e. The van der Waals surface area contributed by atoms with E-state index in [0.29, 0.717) is 32.5 Å². The van der Waals surface area contributed by atoms with E-state index in [-0.39, 0.29) is 12.1 Å². The Labute approximate surface area is 126 Å². The number of ether oxygens (including phenoxy) is 1. The van der Waals surface area contributed by atoms with Gasteiger partial charge in [-0.25, -0.2) is 9.59 Å². The molecule has 0 spiro atoms. The van der Waals surface area contributed by atoms with Crippen molar-refractivity contribution in [3.8, 4) is 0 Å². The van der Waals surface area contributed by atoms with Crippen molar-refractivity contribution in [3.63, 3.8) is 0 Å². The topological polar surface area (TPSA) is 70.1 Å². The number of carbonyl (C=O) groups excluding carboxylic acids is 1. The van der Waals surface area contributed by atoms with Gasteiger partial charge in [0, 0.05) is 26.7 Å². The van der Waals surface area contributed by atoms with Gasteiger partial charge in [0.2, 0.25) is 0 Å². The summed E-state index contributed by atoms with van der Waals surface area (Å²) < 4.78 is 5.35. The lowest BCUT2D eigenvalue weighted by Crippen LogP contribution is -2.58. The van der Waals surface area contributed by atoms with Gasteiger partial charge in [0.15, 0.2) is 0 Å². The summed E-state index contributed by atoms with van der Waals surface area (Å²) in [6.45, 7) is 3.76. The first-order chi connectivity index (χ1) is 10.0. The molecule has 0 aliphatic carbocycles. The van der Waals surface area contributed by atoms with Crippen molar-refractivity contribution in [1.82, 2.24) is 9.80 Å². The Bertz CT molecular complexity index is 401. The second-order valence-electron chi connectivity index (χ2n) is 6.07. The van der Waals surface area contributed by atoms with Crippen molar-refractivity contribution in [2.24, 2.45) is 0 Å². The average molecular weight is 298 g/mol. The zero-order valence-electron chi connectivity index (χ0n) is 13.0. The minimum atomic E-state index is -1.01. The summed E-state index contributed by atoms with van der Waals surface area (Å²) in [5.41, 5.74) is -1.01. The van der Waals surface area contributed by atoms with Crippen LogP contribution in [0.25, 0.3) is 0 Å². The summed E-state index contributed by atoms with van der Waals surface area (Å²) in [4.78, 5) is 27.9. The Morgan fingerprint density at radius 3 is 2.71 bits per heavy atom. The van der Waals surface area contributed by atoms with Crippen molar-refractivity contribution in [1.29, 1.82) is 0 Å². The highest BCUT2D eigenvalue weighted by atomic mass is 16.5. The summed E-state index contributed by atoms with van der Waals surface area (Å²) in [5.74, 6) is -0.865. The lowest BCUT2D eigenvalue weighted by molar-refractivity contribution is -0.149. The van der Waals surface area contributed by atoms with Crippen LogP contribution >= 0.6 is 0 Å². The number of carboxylic acids is 1. The molecular weight excluding hydrogens is 272 g/mol. The van der Waals surface area contributed by atoms with Crippen LogP contribution in [0.15, 0.2) is 0 Å². The number of nitrogens with zero attached hydrogens (tertiary/aromatic N) is 2. The van der Waals surface area contributed by atoms with Gasteiger partial charge in [-0.05, 0) is 32.1 Å². The lowest BCUT2D eigenvalue weighted by atomic mass is 9.91. The molecule has 0 aromatic heterocycles. The van der Waals surface area contributed by atoms with E-state index in [1.165, 1.54) is 0 Å². The molecule has 6 heteroatoms. The molecule has 2 saturated heterocycles. The van der Waals surface area contributed by atoms with Crippen molar-refractivity contribution in [2.45, 2.75) is 57.1 Å². The number of rotatable bonds is 4. The number of likely N-dealkylation sites (tertiary alicyclic amines) is 2. The molecule has 2 unspecified atom stereocenters. The molecule has 6 nitrogen and oxygen atoms in total.